The first-order valence-electron chi connectivity index (χ1n) is 7.01. The molecule has 0 N–H and O–H groups in total. The summed E-state index contributed by atoms with van der Waals surface area (Å²) in [5.74, 6) is -1.79. The van der Waals surface area contributed by atoms with E-state index in [1.54, 1.807) is 0 Å². The molecule has 0 atom stereocenters. The van der Waals surface area contributed by atoms with Gasteiger partial charge in [0, 0.05) is 12.3 Å². The maximum Gasteiger partial charge on any atom is 0.320 e. The minimum atomic E-state index is -1.01. The Morgan fingerprint density at radius 3 is 1.89 bits per heavy atom. The van der Waals surface area contributed by atoms with E-state index in [-0.39, 0.29) is 12.3 Å². The monoisotopic (exact) mass is 256 g/mol. The summed E-state index contributed by atoms with van der Waals surface area (Å²) in [6.45, 7) is 6.19. The number of ether oxygens (including phenoxy) is 2. The molecule has 1 heterocycles. The molecule has 0 bridgehead atoms. The van der Waals surface area contributed by atoms with Crippen LogP contribution >= 0.6 is 0 Å². The number of hydrogen-bond acceptors (Lipinski definition) is 4. The summed E-state index contributed by atoms with van der Waals surface area (Å²) >= 11 is 0. The van der Waals surface area contributed by atoms with E-state index < -0.39 is 17.7 Å². The van der Waals surface area contributed by atoms with Crippen LogP contribution in [0.3, 0.4) is 0 Å². The van der Waals surface area contributed by atoms with Gasteiger partial charge < -0.3 is 9.47 Å². The number of carbonyl (C=O) groups is 2. The summed E-state index contributed by atoms with van der Waals surface area (Å²) in [7, 11) is 0. The normalized spacial score (nSPS) is 18.7. The van der Waals surface area contributed by atoms with Crippen molar-refractivity contribution < 1.29 is 19.1 Å². The van der Waals surface area contributed by atoms with Gasteiger partial charge in [-0.3, -0.25) is 9.59 Å². The van der Waals surface area contributed by atoms with Crippen LogP contribution in [-0.2, 0) is 19.1 Å². The van der Waals surface area contributed by atoms with Crippen LogP contribution < -0.4 is 0 Å². The Balaban J connectivity index is 2.94. The van der Waals surface area contributed by atoms with Gasteiger partial charge in [0.15, 0.2) is 0 Å². The van der Waals surface area contributed by atoms with Crippen LogP contribution in [-0.4, -0.2) is 17.7 Å². The van der Waals surface area contributed by atoms with Gasteiger partial charge in [-0.15, -0.1) is 0 Å². The molecule has 0 aromatic heterocycles. The highest BCUT2D eigenvalue weighted by Crippen LogP contribution is 2.38. The Bertz CT molecular complexity index is 276. The van der Waals surface area contributed by atoms with Crippen molar-refractivity contribution in [2.45, 2.75) is 71.5 Å². The average Bonchev–Trinajstić information content (AvgIpc) is 2.27. The highest BCUT2D eigenvalue weighted by Gasteiger charge is 2.48. The molecular formula is C14H24O4. The standard InChI is InChI=1S/C14H24O4/c1-4-7-11(8-5-2)14(9-6-3)17-12(15)10-13(16)18-14/h11H,4-10H2,1-3H3. The minimum absolute atomic E-state index is 0.112. The Labute approximate surface area is 109 Å². The van der Waals surface area contributed by atoms with Gasteiger partial charge in [-0.1, -0.05) is 33.6 Å². The van der Waals surface area contributed by atoms with Gasteiger partial charge in [-0.2, -0.15) is 0 Å². The molecule has 0 unspecified atom stereocenters. The SMILES string of the molecule is CCCC(CCC)C1(CCC)OC(=O)CC(=O)O1. The van der Waals surface area contributed by atoms with E-state index in [1.165, 1.54) is 0 Å². The maximum absolute atomic E-state index is 11.6. The van der Waals surface area contributed by atoms with Crippen molar-refractivity contribution in [3.63, 3.8) is 0 Å². The molecule has 0 radical (unpaired) electrons. The van der Waals surface area contributed by atoms with Gasteiger partial charge in [0.05, 0.1) is 0 Å². The summed E-state index contributed by atoms with van der Waals surface area (Å²) in [5, 5.41) is 0. The van der Waals surface area contributed by atoms with Crippen molar-refractivity contribution in [2.24, 2.45) is 5.92 Å². The van der Waals surface area contributed by atoms with Crippen molar-refractivity contribution in [1.82, 2.24) is 0 Å². The third kappa shape index (κ3) is 3.47. The van der Waals surface area contributed by atoms with Crippen LogP contribution in [0.15, 0.2) is 0 Å². The third-order valence-electron chi connectivity index (χ3n) is 3.36. The number of rotatable bonds is 7. The Morgan fingerprint density at radius 1 is 1.00 bits per heavy atom. The van der Waals surface area contributed by atoms with Gasteiger partial charge in [0.25, 0.3) is 5.79 Å². The zero-order chi connectivity index (χ0) is 13.6. The highest BCUT2D eigenvalue weighted by atomic mass is 16.7. The predicted molar refractivity (Wildman–Crippen MR) is 67.7 cm³/mol. The zero-order valence-electron chi connectivity index (χ0n) is 11.7. The molecule has 1 aliphatic heterocycles. The molecule has 0 aromatic rings. The molecule has 1 rings (SSSR count). The third-order valence-corrected chi connectivity index (χ3v) is 3.36. The van der Waals surface area contributed by atoms with Crippen molar-refractivity contribution in [3.05, 3.63) is 0 Å². The number of carbonyl (C=O) groups excluding carboxylic acids is 2. The lowest BCUT2D eigenvalue weighted by Gasteiger charge is -2.41. The lowest BCUT2D eigenvalue weighted by atomic mass is 9.86. The summed E-state index contributed by atoms with van der Waals surface area (Å²) in [5.41, 5.74) is 0. The van der Waals surface area contributed by atoms with E-state index in [9.17, 15) is 9.59 Å². The smallest absolute Gasteiger partial charge is 0.320 e. The molecule has 0 amide bonds. The van der Waals surface area contributed by atoms with Crippen molar-refractivity contribution in [3.8, 4) is 0 Å². The molecule has 1 saturated heterocycles. The molecule has 0 spiro atoms. The molecule has 0 saturated carbocycles. The quantitative estimate of drug-likeness (QED) is 0.518. The summed E-state index contributed by atoms with van der Waals surface area (Å²) in [6, 6.07) is 0. The van der Waals surface area contributed by atoms with E-state index in [0.29, 0.717) is 6.42 Å². The summed E-state index contributed by atoms with van der Waals surface area (Å²) in [4.78, 5) is 23.1. The Kier molecular flexibility index (Phi) is 5.63. The number of esters is 2. The molecule has 4 heteroatoms. The molecule has 1 aliphatic rings. The van der Waals surface area contributed by atoms with Gasteiger partial charge >= 0.3 is 11.9 Å². The van der Waals surface area contributed by atoms with E-state index in [0.717, 1.165) is 32.1 Å². The van der Waals surface area contributed by atoms with E-state index >= 15 is 0 Å². The average molecular weight is 256 g/mol. The maximum atomic E-state index is 11.6. The van der Waals surface area contributed by atoms with Crippen LogP contribution in [0.2, 0.25) is 0 Å². The van der Waals surface area contributed by atoms with Gasteiger partial charge in [-0.25, -0.2) is 0 Å². The van der Waals surface area contributed by atoms with Gasteiger partial charge in [0.2, 0.25) is 0 Å². The van der Waals surface area contributed by atoms with E-state index in [2.05, 4.69) is 13.8 Å². The largest absolute Gasteiger partial charge is 0.422 e. The number of cyclic esters (lactones) is 2. The zero-order valence-corrected chi connectivity index (χ0v) is 11.7. The molecule has 1 fully saturated rings. The fourth-order valence-corrected chi connectivity index (χ4v) is 2.70. The second-order valence-corrected chi connectivity index (χ2v) is 4.96. The van der Waals surface area contributed by atoms with Crippen molar-refractivity contribution in [2.75, 3.05) is 0 Å². The Morgan fingerprint density at radius 2 is 1.50 bits per heavy atom. The fourth-order valence-electron chi connectivity index (χ4n) is 2.70. The molecule has 18 heavy (non-hydrogen) atoms. The Hall–Kier alpha value is -1.06. The fraction of sp³-hybridized carbons (Fsp3) is 0.857. The second-order valence-electron chi connectivity index (χ2n) is 4.96. The first kappa shape index (κ1) is 15.0. The van der Waals surface area contributed by atoms with E-state index in [4.69, 9.17) is 9.47 Å². The molecule has 0 aromatic carbocycles. The minimum Gasteiger partial charge on any atom is -0.422 e. The second kappa shape index (κ2) is 6.76. The van der Waals surface area contributed by atoms with Crippen molar-refractivity contribution >= 4 is 11.9 Å². The number of hydrogen-bond donors (Lipinski definition) is 0. The highest BCUT2D eigenvalue weighted by molar-refractivity contribution is 5.93. The molecule has 104 valence electrons. The molecule has 0 aliphatic carbocycles. The van der Waals surface area contributed by atoms with Crippen LogP contribution in [0.25, 0.3) is 0 Å². The first-order chi connectivity index (χ1) is 8.57. The topological polar surface area (TPSA) is 52.6 Å². The lowest BCUT2D eigenvalue weighted by Crippen LogP contribution is -2.50. The molecule has 4 nitrogen and oxygen atoms in total. The summed E-state index contributed by atoms with van der Waals surface area (Å²) < 4.78 is 10.9. The summed E-state index contributed by atoms with van der Waals surface area (Å²) in [6.07, 6.45) is 4.97. The van der Waals surface area contributed by atoms with Crippen LogP contribution in [0.5, 0.6) is 0 Å². The molecular weight excluding hydrogens is 232 g/mol. The predicted octanol–water partition coefficient (Wildman–Crippen LogP) is 3.19. The van der Waals surface area contributed by atoms with Gasteiger partial charge in [-0.05, 0) is 19.3 Å². The van der Waals surface area contributed by atoms with Crippen LogP contribution in [0.4, 0.5) is 0 Å². The van der Waals surface area contributed by atoms with Gasteiger partial charge in [0.1, 0.15) is 6.42 Å². The van der Waals surface area contributed by atoms with E-state index in [1.807, 2.05) is 6.92 Å². The van der Waals surface area contributed by atoms with Crippen molar-refractivity contribution in [1.29, 1.82) is 0 Å². The van der Waals surface area contributed by atoms with Crippen LogP contribution in [0.1, 0.15) is 65.7 Å². The lowest BCUT2D eigenvalue weighted by molar-refractivity contribution is -0.266. The first-order valence-corrected chi connectivity index (χ1v) is 7.01. The van der Waals surface area contributed by atoms with Crippen LogP contribution in [0, 0.1) is 5.92 Å².